The van der Waals surface area contributed by atoms with Crippen molar-refractivity contribution in [1.82, 2.24) is 0 Å². The van der Waals surface area contributed by atoms with Crippen LogP contribution in [0.15, 0.2) is 23.3 Å². The van der Waals surface area contributed by atoms with Crippen molar-refractivity contribution in [3.05, 3.63) is 23.3 Å². The summed E-state index contributed by atoms with van der Waals surface area (Å²) < 4.78 is 10.7. The van der Waals surface area contributed by atoms with Crippen LogP contribution in [0.4, 0.5) is 0 Å². The minimum absolute atomic E-state index is 0.0632. The molecule has 23 heavy (non-hydrogen) atoms. The molecule has 0 spiro atoms. The van der Waals surface area contributed by atoms with Crippen molar-refractivity contribution in [1.29, 1.82) is 0 Å². The van der Waals surface area contributed by atoms with E-state index in [1.807, 2.05) is 0 Å². The second-order valence-electron chi connectivity index (χ2n) is 6.27. The van der Waals surface area contributed by atoms with Crippen molar-refractivity contribution < 1.29 is 19.1 Å². The Morgan fingerprint density at radius 2 is 1.83 bits per heavy atom. The van der Waals surface area contributed by atoms with E-state index in [0.717, 1.165) is 32.1 Å². The van der Waals surface area contributed by atoms with Crippen LogP contribution in [0.5, 0.6) is 0 Å². The van der Waals surface area contributed by atoms with Crippen LogP contribution in [0.2, 0.25) is 0 Å². The second-order valence-corrected chi connectivity index (χ2v) is 6.27. The van der Waals surface area contributed by atoms with Gasteiger partial charge in [-0.05, 0) is 46.0 Å². The van der Waals surface area contributed by atoms with Gasteiger partial charge in [0, 0.05) is 18.8 Å². The van der Waals surface area contributed by atoms with E-state index >= 15 is 0 Å². The van der Waals surface area contributed by atoms with Crippen molar-refractivity contribution in [3.8, 4) is 0 Å². The number of ether oxygens (including phenoxy) is 2. The predicted octanol–water partition coefficient (Wildman–Crippen LogP) is 4.69. The first-order valence-electron chi connectivity index (χ1n) is 8.66. The maximum absolute atomic E-state index is 11.6. The molecule has 0 fully saturated rings. The molecule has 1 aliphatic carbocycles. The van der Waals surface area contributed by atoms with Gasteiger partial charge in [0.25, 0.3) is 6.29 Å². The quantitative estimate of drug-likeness (QED) is 0.369. The Morgan fingerprint density at radius 1 is 1.22 bits per heavy atom. The lowest BCUT2D eigenvalue weighted by Gasteiger charge is -2.29. The molecule has 0 radical (unpaired) electrons. The van der Waals surface area contributed by atoms with E-state index < -0.39 is 6.29 Å². The molecular weight excluding hydrogens is 292 g/mol. The van der Waals surface area contributed by atoms with Crippen LogP contribution in [0.25, 0.3) is 0 Å². The summed E-state index contributed by atoms with van der Waals surface area (Å²) in [5.41, 5.74) is 2.79. The monoisotopic (exact) mass is 322 g/mol. The van der Waals surface area contributed by atoms with Gasteiger partial charge in [0.15, 0.2) is 0 Å². The largest absolute Gasteiger partial charge is 0.425 e. The number of hydrogen-bond donors (Lipinski definition) is 0. The minimum atomic E-state index is -0.745. The number of carbonyl (C=O) groups excluding carboxylic acids is 2. The van der Waals surface area contributed by atoms with Crippen LogP contribution in [-0.4, -0.2) is 18.2 Å². The Balaban J connectivity index is 2.60. The van der Waals surface area contributed by atoms with Crippen LogP contribution in [0.3, 0.4) is 0 Å². The molecule has 1 aliphatic rings. The third-order valence-corrected chi connectivity index (χ3v) is 4.02. The Kier molecular flexibility index (Phi) is 8.67. The molecule has 0 bridgehead atoms. The lowest BCUT2D eigenvalue weighted by atomic mass is 9.87. The first kappa shape index (κ1) is 19.5. The number of allylic oxidation sites excluding steroid dienone is 4. The molecule has 1 unspecified atom stereocenters. The average Bonchev–Trinajstić information content (AvgIpc) is 2.54. The molecule has 0 aromatic heterocycles. The smallest absolute Gasteiger partial charge is 0.308 e. The molecule has 1 rings (SSSR count). The molecule has 4 nitrogen and oxygen atoms in total. The lowest BCUT2D eigenvalue weighted by Crippen LogP contribution is -2.32. The highest BCUT2D eigenvalue weighted by molar-refractivity contribution is 5.71. The predicted molar refractivity (Wildman–Crippen MR) is 90.6 cm³/mol. The number of hydrogen-bond acceptors (Lipinski definition) is 4. The summed E-state index contributed by atoms with van der Waals surface area (Å²) in [6.07, 6.45) is 9.11. The van der Waals surface area contributed by atoms with Crippen molar-refractivity contribution in [2.24, 2.45) is 5.92 Å². The molecule has 0 amide bonds. The van der Waals surface area contributed by atoms with Crippen molar-refractivity contribution >= 4 is 11.9 Å². The Bertz CT molecular complexity index is 440. The topological polar surface area (TPSA) is 52.6 Å². The van der Waals surface area contributed by atoms with Crippen LogP contribution < -0.4 is 0 Å². The molecule has 0 heterocycles. The fourth-order valence-electron chi connectivity index (χ4n) is 2.57. The van der Waals surface area contributed by atoms with E-state index in [0.29, 0.717) is 0 Å². The van der Waals surface area contributed by atoms with Gasteiger partial charge in [-0.25, -0.2) is 0 Å². The molecule has 0 aliphatic heterocycles. The fourth-order valence-corrected chi connectivity index (χ4v) is 2.57. The van der Waals surface area contributed by atoms with Gasteiger partial charge in [-0.2, -0.15) is 0 Å². The van der Waals surface area contributed by atoms with Crippen LogP contribution in [-0.2, 0) is 19.1 Å². The van der Waals surface area contributed by atoms with E-state index in [9.17, 15) is 9.59 Å². The van der Waals surface area contributed by atoms with Gasteiger partial charge in [-0.15, -0.1) is 0 Å². The van der Waals surface area contributed by atoms with Crippen LogP contribution in [0, 0.1) is 5.92 Å². The van der Waals surface area contributed by atoms with E-state index in [1.165, 1.54) is 11.1 Å². The van der Waals surface area contributed by atoms with Gasteiger partial charge in [-0.1, -0.05) is 37.1 Å². The van der Waals surface area contributed by atoms with Crippen LogP contribution >= 0.6 is 0 Å². The first-order valence-corrected chi connectivity index (χ1v) is 8.66. The summed E-state index contributed by atoms with van der Waals surface area (Å²) in [6, 6.07) is 0. The molecule has 1 atom stereocenters. The molecule has 0 aromatic carbocycles. The molecule has 0 N–H and O–H groups in total. The average molecular weight is 322 g/mol. The molecule has 0 saturated heterocycles. The highest BCUT2D eigenvalue weighted by atomic mass is 16.7. The molecule has 4 heteroatoms. The standard InChI is InChI=1S/C19H30O4/c1-5-17(20)22-19(23-18(21)6-2)16-12-10-15(11-13-16)9-7-8-14(3)4/h8,10,16,19H,5-7,9,11-13H2,1-4H3. The molecule has 0 aromatic rings. The summed E-state index contributed by atoms with van der Waals surface area (Å²) in [4.78, 5) is 23.1. The highest BCUT2D eigenvalue weighted by Gasteiger charge is 2.29. The minimum Gasteiger partial charge on any atom is -0.425 e. The first-order chi connectivity index (χ1) is 11.0. The Labute approximate surface area is 139 Å². The number of rotatable bonds is 8. The normalized spacial score (nSPS) is 17.4. The van der Waals surface area contributed by atoms with E-state index in [1.54, 1.807) is 13.8 Å². The van der Waals surface area contributed by atoms with Crippen molar-refractivity contribution in [3.63, 3.8) is 0 Å². The third kappa shape index (κ3) is 7.49. The summed E-state index contributed by atoms with van der Waals surface area (Å²) in [5, 5.41) is 0. The Hall–Kier alpha value is -1.58. The summed E-state index contributed by atoms with van der Waals surface area (Å²) in [6.45, 7) is 7.70. The highest BCUT2D eigenvalue weighted by Crippen LogP contribution is 2.30. The zero-order chi connectivity index (χ0) is 17.2. The third-order valence-electron chi connectivity index (χ3n) is 4.02. The van der Waals surface area contributed by atoms with Gasteiger partial charge < -0.3 is 9.47 Å². The zero-order valence-electron chi connectivity index (χ0n) is 14.9. The van der Waals surface area contributed by atoms with Crippen molar-refractivity contribution in [2.45, 2.75) is 78.9 Å². The summed E-state index contributed by atoms with van der Waals surface area (Å²) in [7, 11) is 0. The van der Waals surface area contributed by atoms with Crippen LogP contribution in [0.1, 0.15) is 72.6 Å². The number of carbonyl (C=O) groups is 2. The summed E-state index contributed by atoms with van der Waals surface area (Å²) in [5.74, 6) is -0.581. The maximum atomic E-state index is 11.6. The SMILES string of the molecule is CCC(=O)OC(OC(=O)CC)C1CC=C(CCC=C(C)C)CC1. The summed E-state index contributed by atoms with van der Waals surface area (Å²) >= 11 is 0. The fraction of sp³-hybridized carbons (Fsp3) is 0.684. The lowest BCUT2D eigenvalue weighted by molar-refractivity contribution is -0.198. The Morgan fingerprint density at radius 3 is 2.26 bits per heavy atom. The van der Waals surface area contributed by atoms with Crippen molar-refractivity contribution in [2.75, 3.05) is 0 Å². The van der Waals surface area contributed by atoms with Gasteiger partial charge >= 0.3 is 11.9 Å². The van der Waals surface area contributed by atoms with Gasteiger partial charge in [0.2, 0.25) is 0 Å². The van der Waals surface area contributed by atoms with Gasteiger partial charge in [-0.3, -0.25) is 9.59 Å². The van der Waals surface area contributed by atoms with E-state index in [4.69, 9.17) is 9.47 Å². The second kappa shape index (κ2) is 10.2. The zero-order valence-corrected chi connectivity index (χ0v) is 14.9. The number of esters is 2. The van der Waals surface area contributed by atoms with Gasteiger partial charge in [0.05, 0.1) is 0 Å². The van der Waals surface area contributed by atoms with Gasteiger partial charge in [0.1, 0.15) is 0 Å². The molecule has 130 valence electrons. The molecule has 0 saturated carbocycles. The van der Waals surface area contributed by atoms with E-state index in [-0.39, 0.29) is 30.7 Å². The van der Waals surface area contributed by atoms with E-state index in [2.05, 4.69) is 26.0 Å². The molecular formula is C19H30O4. The maximum Gasteiger partial charge on any atom is 0.308 e.